The van der Waals surface area contributed by atoms with Gasteiger partial charge in [0.25, 0.3) is 5.91 Å². The summed E-state index contributed by atoms with van der Waals surface area (Å²) in [5, 5.41) is 11.4. The van der Waals surface area contributed by atoms with Crippen LogP contribution in [0, 0.1) is 6.92 Å². The van der Waals surface area contributed by atoms with Crippen molar-refractivity contribution >= 4 is 34.3 Å². The molecule has 0 bridgehead atoms. The molecule has 1 unspecified atom stereocenters. The molecule has 1 atom stereocenters. The third kappa shape index (κ3) is 5.63. The van der Waals surface area contributed by atoms with Gasteiger partial charge >= 0.3 is 0 Å². The van der Waals surface area contributed by atoms with Gasteiger partial charge in [-0.05, 0) is 49.1 Å². The van der Waals surface area contributed by atoms with Crippen LogP contribution in [0.4, 0.5) is 5.82 Å². The van der Waals surface area contributed by atoms with E-state index in [9.17, 15) is 4.79 Å². The smallest absolute Gasteiger partial charge is 0.260 e. The Labute approximate surface area is 214 Å². The Morgan fingerprint density at radius 3 is 2.44 bits per heavy atom. The standard InChI is InChI=1S/C25H31IN4O4/c1-15(14-26)34-21-10-8-17(25(3,4)5)12-19(21)24(31)27-23-16(2)30(29-28-23)20-13-18(32-6)9-11-22(20)33-7/h8-13,15H,14H2,1-7H3,(H,27,31). The normalized spacial score (nSPS) is 12.2. The van der Waals surface area contributed by atoms with Gasteiger partial charge in [-0.2, -0.15) is 0 Å². The number of methoxy groups -OCH3 is 2. The lowest BCUT2D eigenvalue weighted by Gasteiger charge is -2.22. The molecule has 0 aliphatic heterocycles. The second-order valence-corrected chi connectivity index (χ2v) is 9.85. The zero-order chi connectivity index (χ0) is 25.0. The van der Waals surface area contributed by atoms with E-state index in [1.54, 1.807) is 37.1 Å². The quantitative estimate of drug-likeness (QED) is 0.287. The lowest BCUT2D eigenvalue weighted by atomic mass is 9.86. The minimum atomic E-state index is -0.311. The highest BCUT2D eigenvalue weighted by Gasteiger charge is 2.23. The van der Waals surface area contributed by atoms with E-state index in [0.29, 0.717) is 40.0 Å². The Kier molecular flexibility index (Phi) is 8.06. The highest BCUT2D eigenvalue weighted by Crippen LogP contribution is 2.31. The summed E-state index contributed by atoms with van der Waals surface area (Å²) in [5.41, 5.74) is 2.67. The second kappa shape index (κ2) is 10.6. The predicted molar refractivity (Wildman–Crippen MR) is 141 cm³/mol. The van der Waals surface area contributed by atoms with Gasteiger partial charge in [-0.15, -0.1) is 5.10 Å². The van der Waals surface area contributed by atoms with E-state index in [1.807, 2.05) is 32.0 Å². The summed E-state index contributed by atoms with van der Waals surface area (Å²) in [6, 6.07) is 11.2. The molecule has 1 amide bonds. The molecule has 0 radical (unpaired) electrons. The number of alkyl halides is 1. The molecule has 3 aromatic rings. The molecule has 0 saturated heterocycles. The number of rotatable bonds is 8. The number of hydrogen-bond donors (Lipinski definition) is 1. The van der Waals surface area contributed by atoms with E-state index in [2.05, 4.69) is 59.0 Å². The molecular formula is C25H31IN4O4. The summed E-state index contributed by atoms with van der Waals surface area (Å²) in [5.74, 6) is 1.84. The molecule has 8 nitrogen and oxygen atoms in total. The van der Waals surface area contributed by atoms with E-state index in [4.69, 9.17) is 14.2 Å². The molecule has 2 aromatic carbocycles. The van der Waals surface area contributed by atoms with Crippen LogP contribution in [0.15, 0.2) is 36.4 Å². The maximum absolute atomic E-state index is 13.4. The van der Waals surface area contributed by atoms with Crippen LogP contribution in [0.2, 0.25) is 0 Å². The number of nitrogens with one attached hydrogen (secondary N) is 1. The summed E-state index contributed by atoms with van der Waals surface area (Å²) < 4.78 is 19.3. The van der Waals surface area contributed by atoms with Crippen molar-refractivity contribution in [2.75, 3.05) is 24.0 Å². The first-order valence-electron chi connectivity index (χ1n) is 10.9. The van der Waals surface area contributed by atoms with Crippen molar-refractivity contribution in [1.82, 2.24) is 15.0 Å². The van der Waals surface area contributed by atoms with Crippen LogP contribution < -0.4 is 19.5 Å². The molecule has 1 N–H and O–H groups in total. The highest BCUT2D eigenvalue weighted by molar-refractivity contribution is 14.1. The van der Waals surface area contributed by atoms with E-state index >= 15 is 0 Å². The largest absolute Gasteiger partial charge is 0.497 e. The van der Waals surface area contributed by atoms with Crippen LogP contribution in [0.3, 0.4) is 0 Å². The molecule has 3 rings (SSSR count). The van der Waals surface area contributed by atoms with Crippen molar-refractivity contribution in [3.63, 3.8) is 0 Å². The molecule has 182 valence electrons. The number of ether oxygens (including phenoxy) is 3. The Morgan fingerprint density at radius 1 is 1.12 bits per heavy atom. The summed E-state index contributed by atoms with van der Waals surface area (Å²) in [7, 11) is 3.18. The van der Waals surface area contributed by atoms with E-state index in [1.165, 1.54) is 0 Å². The van der Waals surface area contributed by atoms with Gasteiger partial charge in [0.2, 0.25) is 0 Å². The fourth-order valence-electron chi connectivity index (χ4n) is 3.34. The molecule has 0 fully saturated rings. The van der Waals surface area contributed by atoms with Crippen LogP contribution in [-0.2, 0) is 5.41 Å². The number of amides is 1. The van der Waals surface area contributed by atoms with Crippen molar-refractivity contribution in [1.29, 1.82) is 0 Å². The number of benzene rings is 2. The molecule has 0 aliphatic rings. The van der Waals surface area contributed by atoms with Crippen LogP contribution in [0.25, 0.3) is 5.69 Å². The summed E-state index contributed by atoms with van der Waals surface area (Å²) >= 11 is 2.26. The molecule has 9 heteroatoms. The van der Waals surface area contributed by atoms with Crippen molar-refractivity contribution in [3.05, 3.63) is 53.2 Å². The van der Waals surface area contributed by atoms with E-state index in [0.717, 1.165) is 9.99 Å². The van der Waals surface area contributed by atoms with Crippen LogP contribution in [0.1, 0.15) is 49.3 Å². The number of anilines is 1. The molecule has 0 saturated carbocycles. The molecule has 34 heavy (non-hydrogen) atoms. The van der Waals surface area contributed by atoms with Gasteiger partial charge in [0.05, 0.1) is 25.5 Å². The first kappa shape index (κ1) is 25.8. The minimum absolute atomic E-state index is 0.0317. The fourth-order valence-corrected chi connectivity index (χ4v) is 3.52. The number of carbonyl (C=O) groups excluding carboxylic acids is 1. The fraction of sp³-hybridized carbons (Fsp3) is 0.400. The molecular weight excluding hydrogens is 547 g/mol. The van der Waals surface area contributed by atoms with E-state index in [-0.39, 0.29) is 17.4 Å². The number of carbonyl (C=O) groups is 1. The highest BCUT2D eigenvalue weighted by atomic mass is 127. The average Bonchev–Trinajstić information content (AvgIpc) is 3.17. The number of hydrogen-bond acceptors (Lipinski definition) is 6. The van der Waals surface area contributed by atoms with E-state index < -0.39 is 0 Å². The van der Waals surface area contributed by atoms with Gasteiger partial charge in [-0.1, -0.05) is 54.6 Å². The minimum Gasteiger partial charge on any atom is -0.497 e. The maximum Gasteiger partial charge on any atom is 0.260 e. The summed E-state index contributed by atoms with van der Waals surface area (Å²) in [6.45, 7) is 10.1. The number of halogens is 1. The van der Waals surface area contributed by atoms with Crippen LogP contribution >= 0.6 is 22.6 Å². The van der Waals surface area contributed by atoms with Crippen molar-refractivity contribution < 1.29 is 19.0 Å². The second-order valence-electron chi connectivity index (χ2n) is 8.97. The van der Waals surface area contributed by atoms with Crippen molar-refractivity contribution in [2.45, 2.75) is 46.1 Å². The summed E-state index contributed by atoms with van der Waals surface area (Å²) in [4.78, 5) is 13.4. The first-order chi connectivity index (χ1) is 16.1. The molecule has 1 aromatic heterocycles. The van der Waals surface area contributed by atoms with Crippen molar-refractivity contribution in [3.8, 4) is 22.9 Å². The monoisotopic (exact) mass is 578 g/mol. The zero-order valence-electron chi connectivity index (χ0n) is 20.6. The predicted octanol–water partition coefficient (Wildman–Crippen LogP) is 5.35. The summed E-state index contributed by atoms with van der Waals surface area (Å²) in [6.07, 6.45) is -0.0317. The average molecular weight is 578 g/mol. The molecule has 0 aliphatic carbocycles. The lowest BCUT2D eigenvalue weighted by molar-refractivity contribution is 0.102. The van der Waals surface area contributed by atoms with Gasteiger partial charge in [0, 0.05) is 10.5 Å². The van der Waals surface area contributed by atoms with Crippen LogP contribution in [0.5, 0.6) is 17.2 Å². The first-order valence-corrected chi connectivity index (χ1v) is 12.4. The van der Waals surface area contributed by atoms with Gasteiger partial charge in [-0.25, -0.2) is 4.68 Å². The number of aromatic nitrogens is 3. The topological polar surface area (TPSA) is 87.5 Å². The van der Waals surface area contributed by atoms with Gasteiger partial charge in [-0.3, -0.25) is 4.79 Å². The Hall–Kier alpha value is -2.82. The van der Waals surface area contributed by atoms with Gasteiger partial charge in [0.15, 0.2) is 5.82 Å². The van der Waals surface area contributed by atoms with Gasteiger partial charge in [0.1, 0.15) is 29.0 Å². The zero-order valence-corrected chi connectivity index (χ0v) is 22.8. The maximum atomic E-state index is 13.4. The number of nitrogens with zero attached hydrogens (tertiary/aromatic N) is 3. The van der Waals surface area contributed by atoms with Gasteiger partial charge < -0.3 is 19.5 Å². The third-order valence-corrected chi connectivity index (χ3v) is 6.62. The Morgan fingerprint density at radius 2 is 1.82 bits per heavy atom. The third-order valence-electron chi connectivity index (χ3n) is 5.38. The van der Waals surface area contributed by atoms with Crippen molar-refractivity contribution in [2.24, 2.45) is 0 Å². The SMILES string of the molecule is COc1ccc(OC)c(-n2nnc(NC(=O)c3cc(C(C)(C)C)ccc3OC(C)CI)c2C)c1. The van der Waals surface area contributed by atoms with Crippen LogP contribution in [-0.4, -0.2) is 45.7 Å². The Bertz CT molecular complexity index is 1170. The Balaban J connectivity index is 1.97. The lowest BCUT2D eigenvalue weighted by Crippen LogP contribution is -2.20. The molecule has 1 heterocycles. The molecule has 0 spiro atoms.